The number of fused-ring (bicyclic) bond motifs is 1. The summed E-state index contributed by atoms with van der Waals surface area (Å²) in [5.41, 5.74) is 0. The summed E-state index contributed by atoms with van der Waals surface area (Å²) < 4.78 is 0. The molecule has 2 saturated heterocycles. The molecule has 2 rings (SSSR count). The van der Waals surface area contributed by atoms with Crippen LogP contribution in [0.2, 0.25) is 0 Å². The molecule has 0 aromatic heterocycles. The predicted molar refractivity (Wildman–Crippen MR) is 47.3 cm³/mol. The van der Waals surface area contributed by atoms with Gasteiger partial charge in [0.2, 0.25) is 17.7 Å². The second-order valence-electron chi connectivity index (χ2n) is 3.66. The predicted octanol–water partition coefficient (Wildman–Crippen LogP) is -1.11. The largest absolute Gasteiger partial charge is 0.275 e. The van der Waals surface area contributed by atoms with Crippen LogP contribution in [0, 0.1) is 0 Å². The zero-order valence-electron chi connectivity index (χ0n) is 8.23. The number of hydrogen-bond acceptors (Lipinski definition) is 4. The average molecular weight is 210 g/mol. The SMILES string of the molecule is CC(=O)N1CC(=O)N2C(=O)CCC2C1=O. The smallest absolute Gasteiger partial charge is 0.252 e. The Morgan fingerprint density at radius 2 is 1.93 bits per heavy atom. The summed E-state index contributed by atoms with van der Waals surface area (Å²) in [6, 6.07) is -0.748. The highest BCUT2D eigenvalue weighted by Crippen LogP contribution is 2.24. The molecule has 0 spiro atoms. The molecule has 0 aromatic rings. The number of piperazine rings is 1. The Bertz CT molecular complexity index is 376. The van der Waals surface area contributed by atoms with Crippen molar-refractivity contribution in [3.05, 3.63) is 0 Å². The highest BCUT2D eigenvalue weighted by atomic mass is 16.2. The zero-order valence-corrected chi connectivity index (χ0v) is 8.23. The zero-order chi connectivity index (χ0) is 11.2. The van der Waals surface area contributed by atoms with Crippen LogP contribution in [0.4, 0.5) is 0 Å². The molecule has 80 valence electrons. The Balaban J connectivity index is 2.31. The van der Waals surface area contributed by atoms with Gasteiger partial charge in [0.05, 0.1) is 0 Å². The fourth-order valence-corrected chi connectivity index (χ4v) is 1.97. The van der Waals surface area contributed by atoms with Crippen molar-refractivity contribution in [3.8, 4) is 0 Å². The Hall–Kier alpha value is -1.72. The lowest BCUT2D eigenvalue weighted by Gasteiger charge is -2.33. The molecule has 1 atom stereocenters. The summed E-state index contributed by atoms with van der Waals surface area (Å²) in [4.78, 5) is 47.5. The summed E-state index contributed by atoms with van der Waals surface area (Å²) >= 11 is 0. The minimum Gasteiger partial charge on any atom is -0.275 e. The van der Waals surface area contributed by atoms with Crippen LogP contribution in [0.1, 0.15) is 19.8 Å². The normalized spacial score (nSPS) is 25.9. The lowest BCUT2D eigenvalue weighted by Crippen LogP contribution is -2.59. The number of carbonyl (C=O) groups is 4. The molecule has 2 heterocycles. The van der Waals surface area contributed by atoms with E-state index in [2.05, 4.69) is 0 Å². The van der Waals surface area contributed by atoms with E-state index >= 15 is 0 Å². The van der Waals surface area contributed by atoms with Crippen LogP contribution in [-0.4, -0.2) is 46.0 Å². The van der Waals surface area contributed by atoms with Gasteiger partial charge in [0.1, 0.15) is 12.6 Å². The maximum absolute atomic E-state index is 11.7. The molecule has 2 aliphatic rings. The molecule has 0 radical (unpaired) electrons. The second-order valence-corrected chi connectivity index (χ2v) is 3.66. The third-order valence-corrected chi connectivity index (χ3v) is 2.71. The minimum absolute atomic E-state index is 0.202. The van der Waals surface area contributed by atoms with Crippen molar-refractivity contribution in [2.75, 3.05) is 6.54 Å². The number of rotatable bonds is 0. The molecule has 6 heteroatoms. The number of hydrogen-bond donors (Lipinski definition) is 0. The van der Waals surface area contributed by atoms with Gasteiger partial charge in [-0.05, 0) is 6.42 Å². The van der Waals surface area contributed by atoms with Crippen molar-refractivity contribution < 1.29 is 19.2 Å². The first kappa shape index (κ1) is 9.82. The van der Waals surface area contributed by atoms with Gasteiger partial charge in [-0.25, -0.2) is 0 Å². The van der Waals surface area contributed by atoms with Gasteiger partial charge in [-0.15, -0.1) is 0 Å². The molecule has 0 N–H and O–H groups in total. The fraction of sp³-hybridized carbons (Fsp3) is 0.556. The van der Waals surface area contributed by atoms with E-state index in [1.807, 2.05) is 0 Å². The van der Waals surface area contributed by atoms with Crippen molar-refractivity contribution in [1.82, 2.24) is 9.80 Å². The van der Waals surface area contributed by atoms with Gasteiger partial charge in [0, 0.05) is 13.3 Å². The highest BCUT2D eigenvalue weighted by molar-refractivity contribution is 6.11. The average Bonchev–Trinajstić information content (AvgIpc) is 2.54. The summed E-state index contributed by atoms with van der Waals surface area (Å²) in [5.74, 6) is -1.67. The van der Waals surface area contributed by atoms with Crippen molar-refractivity contribution in [3.63, 3.8) is 0 Å². The number of carbonyl (C=O) groups excluding carboxylic acids is 4. The van der Waals surface area contributed by atoms with Gasteiger partial charge < -0.3 is 0 Å². The summed E-state index contributed by atoms with van der Waals surface area (Å²) in [7, 11) is 0. The summed E-state index contributed by atoms with van der Waals surface area (Å²) in [6.07, 6.45) is 0.529. The molecule has 0 bridgehead atoms. The van der Waals surface area contributed by atoms with E-state index in [-0.39, 0.29) is 18.9 Å². The van der Waals surface area contributed by atoms with E-state index in [4.69, 9.17) is 0 Å². The van der Waals surface area contributed by atoms with Crippen LogP contribution in [-0.2, 0) is 19.2 Å². The quantitative estimate of drug-likeness (QED) is 0.475. The van der Waals surface area contributed by atoms with Crippen molar-refractivity contribution in [1.29, 1.82) is 0 Å². The van der Waals surface area contributed by atoms with Gasteiger partial charge in [-0.3, -0.25) is 29.0 Å². The molecule has 0 aromatic carbocycles. The van der Waals surface area contributed by atoms with Gasteiger partial charge in [-0.2, -0.15) is 0 Å². The van der Waals surface area contributed by atoms with Crippen molar-refractivity contribution in [2.45, 2.75) is 25.8 Å². The van der Waals surface area contributed by atoms with E-state index in [1.165, 1.54) is 6.92 Å². The standard InChI is InChI=1S/C9H10N2O4/c1-5(12)10-4-8(14)11-6(9(10)15)2-3-7(11)13/h6H,2-4H2,1H3. The Morgan fingerprint density at radius 1 is 1.27 bits per heavy atom. The molecule has 2 fully saturated rings. The van der Waals surface area contributed by atoms with Crippen LogP contribution in [0.25, 0.3) is 0 Å². The Morgan fingerprint density at radius 3 is 2.53 bits per heavy atom. The van der Waals surface area contributed by atoms with Crippen LogP contribution < -0.4 is 0 Å². The molecule has 0 saturated carbocycles. The van der Waals surface area contributed by atoms with Gasteiger partial charge >= 0.3 is 0 Å². The van der Waals surface area contributed by atoms with Crippen molar-refractivity contribution >= 4 is 23.6 Å². The van der Waals surface area contributed by atoms with E-state index in [1.54, 1.807) is 0 Å². The van der Waals surface area contributed by atoms with Crippen LogP contribution >= 0.6 is 0 Å². The van der Waals surface area contributed by atoms with Crippen molar-refractivity contribution in [2.24, 2.45) is 0 Å². The molecule has 1 unspecified atom stereocenters. The van der Waals surface area contributed by atoms with E-state index < -0.39 is 23.8 Å². The number of amides is 4. The first-order chi connectivity index (χ1) is 7.02. The van der Waals surface area contributed by atoms with Gasteiger partial charge in [0.15, 0.2) is 0 Å². The van der Waals surface area contributed by atoms with Crippen LogP contribution in [0.5, 0.6) is 0 Å². The molecule has 0 aliphatic carbocycles. The maximum Gasteiger partial charge on any atom is 0.252 e. The fourth-order valence-electron chi connectivity index (χ4n) is 1.97. The molecular weight excluding hydrogens is 200 g/mol. The lowest BCUT2D eigenvalue weighted by atomic mass is 10.1. The lowest BCUT2D eigenvalue weighted by molar-refractivity contribution is -0.163. The Labute approximate surface area is 85.8 Å². The number of nitrogens with zero attached hydrogens (tertiary/aromatic N) is 2. The number of imide groups is 2. The third kappa shape index (κ3) is 1.33. The van der Waals surface area contributed by atoms with Gasteiger partial charge in [-0.1, -0.05) is 0 Å². The van der Waals surface area contributed by atoms with Gasteiger partial charge in [0.25, 0.3) is 5.91 Å². The molecule has 6 nitrogen and oxygen atoms in total. The monoisotopic (exact) mass is 210 g/mol. The molecular formula is C9H10N2O4. The second kappa shape index (κ2) is 3.15. The van der Waals surface area contributed by atoms with Crippen LogP contribution in [0.15, 0.2) is 0 Å². The van der Waals surface area contributed by atoms with E-state index in [0.717, 1.165) is 9.80 Å². The highest BCUT2D eigenvalue weighted by Gasteiger charge is 2.47. The molecule has 4 amide bonds. The maximum atomic E-state index is 11.7. The Kier molecular flexibility index (Phi) is 2.06. The first-order valence-electron chi connectivity index (χ1n) is 4.69. The minimum atomic E-state index is -0.748. The van der Waals surface area contributed by atoms with Crippen LogP contribution in [0.3, 0.4) is 0 Å². The van der Waals surface area contributed by atoms with E-state index in [9.17, 15) is 19.2 Å². The third-order valence-electron chi connectivity index (χ3n) is 2.71. The topological polar surface area (TPSA) is 74.8 Å². The summed E-state index contributed by atoms with van der Waals surface area (Å²) in [5, 5.41) is 0. The molecule has 15 heavy (non-hydrogen) atoms. The first-order valence-corrected chi connectivity index (χ1v) is 4.69. The molecule has 2 aliphatic heterocycles. The van der Waals surface area contributed by atoms with E-state index in [0.29, 0.717) is 6.42 Å². The summed E-state index contributed by atoms with van der Waals surface area (Å²) in [6.45, 7) is 0.925.